The van der Waals surface area contributed by atoms with Crippen LogP contribution in [-0.4, -0.2) is 19.1 Å². The van der Waals surface area contributed by atoms with Crippen molar-refractivity contribution in [2.75, 3.05) is 13.2 Å². The van der Waals surface area contributed by atoms with E-state index in [2.05, 4.69) is 11.9 Å². The Morgan fingerprint density at radius 3 is 2.76 bits per heavy atom. The number of benzene rings is 1. The zero-order chi connectivity index (χ0) is 14.9. The van der Waals surface area contributed by atoms with E-state index in [1.165, 1.54) is 0 Å². The second-order valence-corrected chi connectivity index (χ2v) is 4.56. The van der Waals surface area contributed by atoms with E-state index >= 15 is 0 Å². The lowest BCUT2D eigenvalue weighted by atomic mass is 10.2. The SMILES string of the molecule is C=CCOc1ccc(C(=O)NCCCc2ccco2)cc1. The zero-order valence-corrected chi connectivity index (χ0v) is 11.9. The first-order valence-electron chi connectivity index (χ1n) is 6.94. The average Bonchev–Trinajstić information content (AvgIpc) is 3.03. The topological polar surface area (TPSA) is 51.5 Å². The van der Waals surface area contributed by atoms with Crippen LogP contribution < -0.4 is 10.1 Å². The van der Waals surface area contributed by atoms with Crippen LogP contribution in [0.15, 0.2) is 59.7 Å². The highest BCUT2D eigenvalue weighted by molar-refractivity contribution is 5.94. The highest BCUT2D eigenvalue weighted by Crippen LogP contribution is 2.12. The number of aryl methyl sites for hydroxylation is 1. The number of hydrogen-bond acceptors (Lipinski definition) is 3. The number of ether oxygens (including phenoxy) is 1. The lowest BCUT2D eigenvalue weighted by molar-refractivity contribution is 0.0953. The molecule has 0 saturated carbocycles. The van der Waals surface area contributed by atoms with Gasteiger partial charge in [0, 0.05) is 18.5 Å². The minimum absolute atomic E-state index is 0.0790. The maximum Gasteiger partial charge on any atom is 0.251 e. The van der Waals surface area contributed by atoms with Gasteiger partial charge in [0.2, 0.25) is 0 Å². The third-order valence-electron chi connectivity index (χ3n) is 2.95. The van der Waals surface area contributed by atoms with E-state index in [9.17, 15) is 4.79 Å². The van der Waals surface area contributed by atoms with Crippen molar-refractivity contribution in [3.63, 3.8) is 0 Å². The van der Waals surface area contributed by atoms with Crippen LogP contribution in [0, 0.1) is 0 Å². The first-order chi connectivity index (χ1) is 10.3. The Hall–Kier alpha value is -2.49. The number of amides is 1. The van der Waals surface area contributed by atoms with Crippen LogP contribution in [0.5, 0.6) is 5.75 Å². The molecule has 4 nitrogen and oxygen atoms in total. The smallest absolute Gasteiger partial charge is 0.251 e. The van der Waals surface area contributed by atoms with Gasteiger partial charge in [0.1, 0.15) is 18.1 Å². The molecule has 21 heavy (non-hydrogen) atoms. The molecule has 110 valence electrons. The van der Waals surface area contributed by atoms with Crippen molar-refractivity contribution >= 4 is 5.91 Å². The van der Waals surface area contributed by atoms with E-state index in [4.69, 9.17) is 9.15 Å². The lowest BCUT2D eigenvalue weighted by Crippen LogP contribution is -2.24. The van der Waals surface area contributed by atoms with Crippen LogP contribution in [-0.2, 0) is 6.42 Å². The van der Waals surface area contributed by atoms with Crippen molar-refractivity contribution in [2.24, 2.45) is 0 Å². The van der Waals surface area contributed by atoms with Crippen molar-refractivity contribution in [3.8, 4) is 5.75 Å². The van der Waals surface area contributed by atoms with Gasteiger partial charge in [-0.1, -0.05) is 12.7 Å². The summed E-state index contributed by atoms with van der Waals surface area (Å²) in [5, 5.41) is 2.89. The van der Waals surface area contributed by atoms with E-state index < -0.39 is 0 Å². The van der Waals surface area contributed by atoms with Gasteiger partial charge in [0.25, 0.3) is 5.91 Å². The van der Waals surface area contributed by atoms with Crippen molar-refractivity contribution in [1.82, 2.24) is 5.32 Å². The summed E-state index contributed by atoms with van der Waals surface area (Å²) in [5.74, 6) is 1.59. The molecule has 4 heteroatoms. The number of carbonyl (C=O) groups is 1. The van der Waals surface area contributed by atoms with Gasteiger partial charge in [-0.3, -0.25) is 4.79 Å². The Bertz CT molecular complexity index is 558. The molecule has 0 spiro atoms. The first kappa shape index (κ1) is 14.9. The van der Waals surface area contributed by atoms with Gasteiger partial charge < -0.3 is 14.5 Å². The number of carbonyl (C=O) groups excluding carboxylic acids is 1. The molecule has 1 heterocycles. The second kappa shape index (κ2) is 7.94. The minimum atomic E-state index is -0.0790. The minimum Gasteiger partial charge on any atom is -0.490 e. The third kappa shape index (κ3) is 4.84. The highest BCUT2D eigenvalue weighted by Gasteiger charge is 2.05. The molecule has 1 aromatic carbocycles. The Kier molecular flexibility index (Phi) is 5.64. The zero-order valence-electron chi connectivity index (χ0n) is 11.9. The van der Waals surface area contributed by atoms with Crippen molar-refractivity contribution in [2.45, 2.75) is 12.8 Å². The fourth-order valence-electron chi connectivity index (χ4n) is 1.88. The largest absolute Gasteiger partial charge is 0.490 e. The maximum atomic E-state index is 11.9. The molecule has 2 rings (SSSR count). The molecule has 0 atom stereocenters. The van der Waals surface area contributed by atoms with Crippen molar-refractivity contribution in [1.29, 1.82) is 0 Å². The highest BCUT2D eigenvalue weighted by atomic mass is 16.5. The molecule has 0 aliphatic heterocycles. The van der Waals surface area contributed by atoms with Crippen LogP contribution in [0.2, 0.25) is 0 Å². The third-order valence-corrected chi connectivity index (χ3v) is 2.95. The summed E-state index contributed by atoms with van der Waals surface area (Å²) >= 11 is 0. The Morgan fingerprint density at radius 1 is 1.29 bits per heavy atom. The molecule has 2 aromatic rings. The average molecular weight is 285 g/mol. The maximum absolute atomic E-state index is 11.9. The molecule has 0 radical (unpaired) electrons. The number of furan rings is 1. The molecule has 0 bridgehead atoms. The number of rotatable bonds is 8. The Labute approximate surface area is 124 Å². The summed E-state index contributed by atoms with van der Waals surface area (Å²) in [4.78, 5) is 11.9. The second-order valence-electron chi connectivity index (χ2n) is 4.56. The van der Waals surface area contributed by atoms with Crippen LogP contribution in [0.4, 0.5) is 0 Å². The summed E-state index contributed by atoms with van der Waals surface area (Å²) in [7, 11) is 0. The standard InChI is InChI=1S/C17H19NO3/c1-2-12-20-16-9-7-14(8-10-16)17(19)18-11-3-5-15-6-4-13-21-15/h2,4,6-10,13H,1,3,5,11-12H2,(H,18,19). The summed E-state index contributed by atoms with van der Waals surface area (Å²) in [6.07, 6.45) is 5.00. The summed E-state index contributed by atoms with van der Waals surface area (Å²) in [6.45, 7) is 4.66. The van der Waals surface area contributed by atoms with E-state index in [0.29, 0.717) is 18.7 Å². The monoisotopic (exact) mass is 285 g/mol. The molecule has 1 N–H and O–H groups in total. The van der Waals surface area contributed by atoms with E-state index in [1.807, 2.05) is 12.1 Å². The molecule has 0 aliphatic carbocycles. The predicted molar refractivity (Wildman–Crippen MR) is 81.5 cm³/mol. The Morgan fingerprint density at radius 2 is 2.10 bits per heavy atom. The van der Waals surface area contributed by atoms with Gasteiger partial charge in [-0.05, 0) is 42.8 Å². The fourth-order valence-corrected chi connectivity index (χ4v) is 1.88. The number of hydrogen-bond donors (Lipinski definition) is 1. The molecule has 0 saturated heterocycles. The van der Waals surface area contributed by atoms with Gasteiger partial charge in [-0.25, -0.2) is 0 Å². The molecule has 0 aliphatic rings. The van der Waals surface area contributed by atoms with Gasteiger partial charge in [-0.2, -0.15) is 0 Å². The molecule has 0 fully saturated rings. The van der Waals surface area contributed by atoms with Crippen LogP contribution in [0.25, 0.3) is 0 Å². The Balaban J connectivity index is 1.73. The molecule has 1 amide bonds. The van der Waals surface area contributed by atoms with Crippen LogP contribution >= 0.6 is 0 Å². The molecule has 0 unspecified atom stereocenters. The predicted octanol–water partition coefficient (Wildman–Crippen LogP) is 3.21. The van der Waals surface area contributed by atoms with Gasteiger partial charge in [0.15, 0.2) is 0 Å². The number of nitrogens with one attached hydrogen (secondary N) is 1. The van der Waals surface area contributed by atoms with Crippen LogP contribution in [0.1, 0.15) is 22.5 Å². The van der Waals surface area contributed by atoms with E-state index in [-0.39, 0.29) is 5.91 Å². The molecule has 1 aromatic heterocycles. The fraction of sp³-hybridized carbons (Fsp3) is 0.235. The summed E-state index contributed by atoms with van der Waals surface area (Å²) in [5.41, 5.74) is 0.624. The summed E-state index contributed by atoms with van der Waals surface area (Å²) < 4.78 is 10.6. The first-order valence-corrected chi connectivity index (χ1v) is 6.94. The van der Waals surface area contributed by atoms with E-state index in [1.54, 1.807) is 36.6 Å². The van der Waals surface area contributed by atoms with Gasteiger partial charge in [0.05, 0.1) is 6.26 Å². The molecular weight excluding hydrogens is 266 g/mol. The van der Waals surface area contributed by atoms with Gasteiger partial charge >= 0.3 is 0 Å². The molecular formula is C17H19NO3. The van der Waals surface area contributed by atoms with Crippen LogP contribution in [0.3, 0.4) is 0 Å². The quantitative estimate of drug-likeness (QED) is 0.598. The summed E-state index contributed by atoms with van der Waals surface area (Å²) in [6, 6.07) is 10.9. The van der Waals surface area contributed by atoms with Crippen molar-refractivity contribution < 1.29 is 13.9 Å². The van der Waals surface area contributed by atoms with Crippen molar-refractivity contribution in [3.05, 3.63) is 66.6 Å². The van der Waals surface area contributed by atoms with Gasteiger partial charge in [-0.15, -0.1) is 0 Å². The van der Waals surface area contributed by atoms with E-state index in [0.717, 1.165) is 24.4 Å². The lowest BCUT2D eigenvalue weighted by Gasteiger charge is -2.06. The normalized spacial score (nSPS) is 10.1.